The number of phosphoric acid groups is 1. The molecule has 2 atom stereocenters. The Bertz CT molecular complexity index is 1440. The zero-order valence-electron chi connectivity index (χ0n) is 45.0. The van der Waals surface area contributed by atoms with Crippen molar-refractivity contribution in [3.8, 4) is 0 Å². The van der Waals surface area contributed by atoms with Gasteiger partial charge in [0.2, 0.25) is 0 Å². The molecular weight excluding hydrogens is 890 g/mol. The Kier molecular flexibility index (Phi) is 54.8. The van der Waals surface area contributed by atoms with Gasteiger partial charge in [0.05, 0.1) is 19.8 Å². The van der Waals surface area contributed by atoms with Gasteiger partial charge in [-0.15, -0.1) is 0 Å². The average molecular weight is 996 g/mol. The molecule has 3 N–H and O–H groups in total. The van der Waals surface area contributed by atoms with Crippen LogP contribution in [0.5, 0.6) is 0 Å². The Morgan fingerprint density at radius 2 is 0.800 bits per heavy atom. The van der Waals surface area contributed by atoms with Crippen LogP contribution < -0.4 is 5.73 Å². The van der Waals surface area contributed by atoms with Crippen molar-refractivity contribution >= 4 is 13.8 Å². The summed E-state index contributed by atoms with van der Waals surface area (Å²) in [5.41, 5.74) is 5.40. The predicted molar refractivity (Wildman–Crippen MR) is 302 cm³/mol. The molecule has 0 heterocycles. The molecule has 9 heteroatoms. The first-order chi connectivity index (χ1) is 34.4. The second-order valence-corrected chi connectivity index (χ2v) is 19.9. The van der Waals surface area contributed by atoms with Gasteiger partial charge in [0.1, 0.15) is 6.10 Å². The number of esters is 1. The summed E-state index contributed by atoms with van der Waals surface area (Å²) < 4.78 is 33.6. The van der Waals surface area contributed by atoms with Crippen molar-refractivity contribution in [2.75, 3.05) is 33.0 Å². The van der Waals surface area contributed by atoms with Gasteiger partial charge in [0, 0.05) is 19.6 Å². The number of unbranched alkanes of at least 4 members (excludes halogenated alkanes) is 22. The number of allylic oxidation sites excluding steroid dienone is 18. The lowest BCUT2D eigenvalue weighted by atomic mass is 10.0. The van der Waals surface area contributed by atoms with Crippen LogP contribution in [0.25, 0.3) is 0 Å². The molecule has 0 aromatic carbocycles. The molecule has 0 aliphatic heterocycles. The van der Waals surface area contributed by atoms with Crippen molar-refractivity contribution in [2.45, 2.75) is 238 Å². The van der Waals surface area contributed by atoms with Gasteiger partial charge in [0.25, 0.3) is 0 Å². The smallest absolute Gasteiger partial charge is 0.457 e. The lowest BCUT2D eigenvalue weighted by molar-refractivity contribution is -0.154. The summed E-state index contributed by atoms with van der Waals surface area (Å²) in [7, 11) is -4.30. The second-order valence-electron chi connectivity index (χ2n) is 18.4. The molecule has 0 aliphatic rings. The Labute approximate surface area is 431 Å². The van der Waals surface area contributed by atoms with Crippen LogP contribution in [0.2, 0.25) is 0 Å². The molecule has 70 heavy (non-hydrogen) atoms. The number of phosphoric ester groups is 1. The summed E-state index contributed by atoms with van der Waals surface area (Å²) in [5, 5.41) is 0. The van der Waals surface area contributed by atoms with Crippen LogP contribution in [0, 0.1) is 0 Å². The monoisotopic (exact) mass is 996 g/mol. The molecule has 2 unspecified atom stereocenters. The summed E-state index contributed by atoms with van der Waals surface area (Å²) in [5.74, 6) is -0.363. The summed E-state index contributed by atoms with van der Waals surface area (Å²) >= 11 is 0. The minimum Gasteiger partial charge on any atom is -0.457 e. The molecular formula is C61H106NO7P. The fraction of sp³-hybridized carbons (Fsp3) is 0.689. The van der Waals surface area contributed by atoms with Crippen molar-refractivity contribution in [3.63, 3.8) is 0 Å². The molecule has 0 saturated heterocycles. The van der Waals surface area contributed by atoms with Crippen LogP contribution in [0.4, 0.5) is 0 Å². The highest BCUT2D eigenvalue weighted by atomic mass is 31.2. The zero-order chi connectivity index (χ0) is 50.8. The zero-order valence-corrected chi connectivity index (χ0v) is 45.9. The summed E-state index contributed by atoms with van der Waals surface area (Å²) in [6, 6.07) is 0. The van der Waals surface area contributed by atoms with E-state index in [1.807, 2.05) is 0 Å². The van der Waals surface area contributed by atoms with Gasteiger partial charge in [-0.1, -0.05) is 232 Å². The molecule has 0 fully saturated rings. The standard InChI is InChI=1S/C61H106NO7P/c1-3-5-7-9-11-13-15-17-19-21-23-25-27-29-31-33-35-37-39-41-43-45-47-49-51-53-56-66-58-60(59-68-70(64,65)67-57-55-62)69-61(63)54-52-50-48-46-44-42-40-38-36-34-32-30-28-26-24-22-20-18-16-14-12-10-8-6-4-2/h6,8,12,14-15,17-18,20-21,23-24,26,30,32,36,38,42,44,60H,3-5,7,9-11,13,16,19,22,25,27-29,31,33-35,37,39-41,43,45-59,62H2,1-2H3,(H,64,65)/b8-6-,14-12-,17-15-,20-18-,23-21-,26-24-,32-30-,38-36-,44-42-. The van der Waals surface area contributed by atoms with E-state index in [1.54, 1.807) is 0 Å². The number of carbonyl (C=O) groups is 1. The van der Waals surface area contributed by atoms with E-state index in [2.05, 4.69) is 123 Å². The van der Waals surface area contributed by atoms with Gasteiger partial charge < -0.3 is 20.1 Å². The number of hydrogen-bond acceptors (Lipinski definition) is 7. The highest BCUT2D eigenvalue weighted by Gasteiger charge is 2.25. The van der Waals surface area contributed by atoms with E-state index >= 15 is 0 Å². The topological polar surface area (TPSA) is 117 Å². The Hall–Kier alpha value is -2.84. The molecule has 0 bridgehead atoms. The highest BCUT2D eigenvalue weighted by molar-refractivity contribution is 7.47. The van der Waals surface area contributed by atoms with E-state index in [9.17, 15) is 14.3 Å². The van der Waals surface area contributed by atoms with Gasteiger partial charge in [0.15, 0.2) is 0 Å². The van der Waals surface area contributed by atoms with Crippen LogP contribution >= 0.6 is 7.82 Å². The minimum atomic E-state index is -4.30. The molecule has 0 spiro atoms. The van der Waals surface area contributed by atoms with Crippen molar-refractivity contribution in [3.05, 3.63) is 109 Å². The molecule has 0 aliphatic carbocycles. The largest absolute Gasteiger partial charge is 0.472 e. The van der Waals surface area contributed by atoms with E-state index in [1.165, 1.54) is 122 Å². The van der Waals surface area contributed by atoms with Crippen molar-refractivity contribution in [1.29, 1.82) is 0 Å². The fourth-order valence-corrected chi connectivity index (χ4v) is 8.30. The normalized spacial score (nSPS) is 14.1. The maximum atomic E-state index is 12.7. The van der Waals surface area contributed by atoms with E-state index in [0.29, 0.717) is 13.0 Å². The van der Waals surface area contributed by atoms with Gasteiger partial charge in [-0.05, 0) is 103 Å². The fourth-order valence-electron chi connectivity index (χ4n) is 7.54. The molecule has 0 aromatic heterocycles. The second kappa shape index (κ2) is 57.1. The number of hydrogen-bond donors (Lipinski definition) is 2. The van der Waals surface area contributed by atoms with Gasteiger partial charge in [-0.25, -0.2) is 4.57 Å². The first kappa shape index (κ1) is 67.2. The van der Waals surface area contributed by atoms with E-state index < -0.39 is 13.9 Å². The molecule has 0 radical (unpaired) electrons. The van der Waals surface area contributed by atoms with Gasteiger partial charge in [-0.3, -0.25) is 13.8 Å². The van der Waals surface area contributed by atoms with E-state index in [-0.39, 0.29) is 38.8 Å². The third kappa shape index (κ3) is 56.1. The Morgan fingerprint density at radius 3 is 1.20 bits per heavy atom. The lowest BCUT2D eigenvalue weighted by Gasteiger charge is -2.20. The number of nitrogens with two attached hydrogens (primary N) is 1. The number of ether oxygens (including phenoxy) is 2. The Balaban J connectivity index is 3.99. The minimum absolute atomic E-state index is 0.0890. The first-order valence-electron chi connectivity index (χ1n) is 28.4. The molecule has 0 aromatic rings. The van der Waals surface area contributed by atoms with Crippen LogP contribution in [0.15, 0.2) is 109 Å². The number of rotatable bonds is 53. The number of carbonyl (C=O) groups excluding carboxylic acids is 1. The van der Waals surface area contributed by atoms with Crippen LogP contribution in [-0.4, -0.2) is 49.9 Å². The average Bonchev–Trinajstić information content (AvgIpc) is 3.35. The van der Waals surface area contributed by atoms with Gasteiger partial charge in [-0.2, -0.15) is 0 Å². The van der Waals surface area contributed by atoms with Crippen molar-refractivity contribution in [1.82, 2.24) is 0 Å². The van der Waals surface area contributed by atoms with Crippen LogP contribution in [-0.2, 0) is 27.9 Å². The molecule has 0 amide bonds. The van der Waals surface area contributed by atoms with Gasteiger partial charge >= 0.3 is 13.8 Å². The first-order valence-corrected chi connectivity index (χ1v) is 29.9. The third-order valence-electron chi connectivity index (χ3n) is 11.7. The molecule has 8 nitrogen and oxygen atoms in total. The van der Waals surface area contributed by atoms with Crippen molar-refractivity contribution in [2.24, 2.45) is 5.73 Å². The summed E-state index contributed by atoms with van der Waals surface area (Å²) in [4.78, 5) is 22.7. The van der Waals surface area contributed by atoms with Crippen molar-refractivity contribution < 1.29 is 32.8 Å². The molecule has 402 valence electrons. The highest BCUT2D eigenvalue weighted by Crippen LogP contribution is 2.43. The molecule has 0 saturated carbocycles. The van der Waals surface area contributed by atoms with E-state index in [0.717, 1.165) is 83.5 Å². The third-order valence-corrected chi connectivity index (χ3v) is 12.7. The van der Waals surface area contributed by atoms with E-state index in [4.69, 9.17) is 24.3 Å². The maximum absolute atomic E-state index is 12.7. The quantitative estimate of drug-likeness (QED) is 0.0268. The van der Waals surface area contributed by atoms with Crippen LogP contribution in [0.3, 0.4) is 0 Å². The Morgan fingerprint density at radius 1 is 0.443 bits per heavy atom. The lowest BCUT2D eigenvalue weighted by Crippen LogP contribution is -2.28. The summed E-state index contributed by atoms with van der Waals surface area (Å²) in [6.07, 6.45) is 78.5. The summed E-state index contributed by atoms with van der Waals surface area (Å²) in [6.45, 7) is 4.75. The maximum Gasteiger partial charge on any atom is 0.472 e. The SMILES string of the molecule is CC/C=C\C/C=C\C/C=C\C/C=C\C/C=C\C/C=C\C/C=C\CCCCCC(=O)OC(COCCCCCCCCCCCCCCCC/C=C\C/C=C\CCCCCCC)COP(=O)(O)OCCN. The molecule has 0 rings (SSSR count). The predicted octanol–water partition coefficient (Wildman–Crippen LogP) is 18.3. The van der Waals surface area contributed by atoms with Crippen LogP contribution in [0.1, 0.15) is 232 Å².